The van der Waals surface area contributed by atoms with Crippen LogP contribution in [0.1, 0.15) is 88.3 Å². The van der Waals surface area contributed by atoms with Crippen molar-refractivity contribution in [3.63, 3.8) is 0 Å². The standard InChI is InChI=1S/C36H41NO4/c1-24-7-4-5-10-31(24)27-9-6-8-26(12-13-27)19-28-14-15-29(34(38)30-17-18-36(21-30)22-40-23-36)20-32(28)37(3)35(39)33-16-11-25(2)41-33/h4-5,7,9-11,14-16,20,26,30H,6,8,12-13,17-19,21-23H2,1-3H3. The van der Waals surface area contributed by atoms with Gasteiger partial charge >= 0.3 is 0 Å². The molecule has 41 heavy (non-hydrogen) atoms. The van der Waals surface area contributed by atoms with E-state index in [1.165, 1.54) is 16.7 Å². The number of anilines is 1. The van der Waals surface area contributed by atoms with E-state index in [-0.39, 0.29) is 23.0 Å². The first-order valence-electron chi connectivity index (χ1n) is 15.2. The number of amides is 1. The van der Waals surface area contributed by atoms with Crippen molar-refractivity contribution < 1.29 is 18.7 Å². The summed E-state index contributed by atoms with van der Waals surface area (Å²) in [6.07, 6.45) is 10.5. The second kappa shape index (κ2) is 11.4. The summed E-state index contributed by atoms with van der Waals surface area (Å²) in [6.45, 7) is 5.59. The van der Waals surface area contributed by atoms with Gasteiger partial charge in [0.2, 0.25) is 0 Å². The Morgan fingerprint density at radius 1 is 1.00 bits per heavy atom. The van der Waals surface area contributed by atoms with Crippen LogP contribution in [0.25, 0.3) is 5.57 Å². The van der Waals surface area contributed by atoms with Crippen molar-refractivity contribution in [3.05, 3.63) is 94.4 Å². The zero-order valence-corrected chi connectivity index (χ0v) is 24.6. The van der Waals surface area contributed by atoms with Crippen molar-refractivity contribution in [2.45, 2.75) is 65.2 Å². The number of benzene rings is 2. The zero-order valence-electron chi connectivity index (χ0n) is 24.6. The largest absolute Gasteiger partial charge is 0.456 e. The van der Waals surface area contributed by atoms with Gasteiger partial charge in [-0.1, -0.05) is 42.5 Å². The van der Waals surface area contributed by atoms with Gasteiger partial charge in [-0.2, -0.15) is 0 Å². The molecule has 214 valence electrons. The monoisotopic (exact) mass is 551 g/mol. The summed E-state index contributed by atoms with van der Waals surface area (Å²) in [7, 11) is 1.80. The Bertz CT molecular complexity index is 1480. The second-order valence-corrected chi connectivity index (χ2v) is 12.6. The first-order chi connectivity index (χ1) is 19.8. The molecule has 5 heteroatoms. The topological polar surface area (TPSA) is 59.8 Å². The molecule has 0 radical (unpaired) electrons. The molecular weight excluding hydrogens is 510 g/mol. The molecular formula is C36H41NO4. The molecule has 2 aromatic carbocycles. The van der Waals surface area contributed by atoms with Gasteiger partial charge in [-0.05, 0) is 112 Å². The number of rotatable bonds is 7. The minimum Gasteiger partial charge on any atom is -0.456 e. The van der Waals surface area contributed by atoms with Gasteiger partial charge in [-0.15, -0.1) is 0 Å². The van der Waals surface area contributed by atoms with E-state index < -0.39 is 0 Å². The average Bonchev–Trinajstić information content (AvgIpc) is 3.55. The molecule has 1 aromatic heterocycles. The number of ketones is 1. The van der Waals surface area contributed by atoms with E-state index in [0.29, 0.717) is 23.0 Å². The van der Waals surface area contributed by atoms with Crippen molar-refractivity contribution in [1.29, 1.82) is 0 Å². The molecule has 2 unspecified atom stereocenters. The van der Waals surface area contributed by atoms with E-state index in [4.69, 9.17) is 9.15 Å². The number of hydrogen-bond donors (Lipinski definition) is 0. The summed E-state index contributed by atoms with van der Waals surface area (Å²) < 4.78 is 11.2. The van der Waals surface area contributed by atoms with Gasteiger partial charge in [0.1, 0.15) is 5.76 Å². The van der Waals surface area contributed by atoms with Gasteiger partial charge in [-0.25, -0.2) is 0 Å². The predicted octanol–water partition coefficient (Wildman–Crippen LogP) is 7.99. The Morgan fingerprint density at radius 3 is 2.54 bits per heavy atom. The fourth-order valence-corrected chi connectivity index (χ4v) is 7.14. The lowest BCUT2D eigenvalue weighted by Gasteiger charge is -2.38. The Morgan fingerprint density at radius 2 is 1.83 bits per heavy atom. The van der Waals surface area contributed by atoms with E-state index in [0.717, 1.165) is 75.8 Å². The van der Waals surface area contributed by atoms with Crippen LogP contribution >= 0.6 is 0 Å². The molecule has 2 heterocycles. The maximum absolute atomic E-state index is 13.7. The predicted molar refractivity (Wildman–Crippen MR) is 162 cm³/mol. The Labute approximate surface area is 243 Å². The Kier molecular flexibility index (Phi) is 7.74. The molecule has 1 amide bonds. The second-order valence-electron chi connectivity index (χ2n) is 12.6. The number of nitrogens with zero attached hydrogens (tertiary/aromatic N) is 1. The van der Waals surface area contributed by atoms with E-state index in [1.54, 1.807) is 18.0 Å². The molecule has 1 aliphatic heterocycles. The number of carbonyl (C=O) groups excluding carboxylic acids is 2. The summed E-state index contributed by atoms with van der Waals surface area (Å²) >= 11 is 0. The lowest BCUT2D eigenvalue weighted by molar-refractivity contribution is -0.109. The number of allylic oxidation sites excluding steroid dienone is 2. The van der Waals surface area contributed by atoms with Gasteiger partial charge in [0.25, 0.3) is 5.91 Å². The van der Waals surface area contributed by atoms with Crippen molar-refractivity contribution >= 4 is 23.0 Å². The SMILES string of the molecule is Cc1ccc(C(=O)N(C)c2cc(C(=O)C3CCC4(COC4)C3)ccc2CC2CCC=C(c3ccccc3C)CC2)o1. The summed E-state index contributed by atoms with van der Waals surface area (Å²) in [6, 6.07) is 18.2. The highest BCUT2D eigenvalue weighted by molar-refractivity contribution is 6.06. The fraction of sp³-hybridized carbons (Fsp3) is 0.444. The third kappa shape index (κ3) is 5.70. The molecule has 3 aromatic rings. The molecule has 1 spiro atoms. The van der Waals surface area contributed by atoms with Crippen LogP contribution in [0, 0.1) is 31.1 Å². The molecule has 2 atom stereocenters. The van der Waals surface area contributed by atoms with Gasteiger partial charge < -0.3 is 14.1 Å². The Hall–Kier alpha value is -3.44. The minimum absolute atomic E-state index is 0.0270. The van der Waals surface area contributed by atoms with E-state index in [2.05, 4.69) is 43.3 Å². The van der Waals surface area contributed by atoms with Crippen molar-refractivity contribution in [3.8, 4) is 0 Å². The normalized spacial score (nSPS) is 21.7. The number of carbonyl (C=O) groups is 2. The number of hydrogen-bond acceptors (Lipinski definition) is 4. The van der Waals surface area contributed by atoms with Crippen LogP contribution in [0.5, 0.6) is 0 Å². The lowest BCUT2D eigenvalue weighted by Crippen LogP contribution is -2.40. The lowest BCUT2D eigenvalue weighted by atomic mass is 9.82. The van der Waals surface area contributed by atoms with E-state index >= 15 is 0 Å². The van der Waals surface area contributed by atoms with Crippen LogP contribution in [0.3, 0.4) is 0 Å². The third-order valence-electron chi connectivity index (χ3n) is 9.66. The molecule has 0 N–H and O–H groups in total. The molecule has 5 nitrogen and oxygen atoms in total. The molecule has 3 aliphatic rings. The summed E-state index contributed by atoms with van der Waals surface area (Å²) in [5, 5.41) is 0. The summed E-state index contributed by atoms with van der Waals surface area (Å²) in [4.78, 5) is 28.8. The molecule has 1 saturated heterocycles. The van der Waals surface area contributed by atoms with Crippen molar-refractivity contribution in [1.82, 2.24) is 0 Å². The van der Waals surface area contributed by atoms with Gasteiger partial charge in [0.15, 0.2) is 11.5 Å². The van der Waals surface area contributed by atoms with Crippen LogP contribution in [0.2, 0.25) is 0 Å². The minimum atomic E-state index is -0.195. The van der Waals surface area contributed by atoms with Crippen LogP contribution in [-0.2, 0) is 11.2 Å². The van der Waals surface area contributed by atoms with E-state index in [9.17, 15) is 9.59 Å². The van der Waals surface area contributed by atoms with Crippen LogP contribution in [-0.4, -0.2) is 32.0 Å². The number of furan rings is 1. The zero-order chi connectivity index (χ0) is 28.6. The maximum Gasteiger partial charge on any atom is 0.293 e. The highest BCUT2D eigenvalue weighted by atomic mass is 16.5. The highest BCUT2D eigenvalue weighted by Crippen LogP contribution is 2.48. The Balaban J connectivity index is 1.24. The van der Waals surface area contributed by atoms with Crippen molar-refractivity contribution in [2.75, 3.05) is 25.2 Å². The van der Waals surface area contributed by atoms with Gasteiger partial charge in [0, 0.05) is 29.6 Å². The van der Waals surface area contributed by atoms with Crippen molar-refractivity contribution in [2.24, 2.45) is 17.3 Å². The smallest absolute Gasteiger partial charge is 0.293 e. The first kappa shape index (κ1) is 27.7. The molecule has 2 aliphatic carbocycles. The number of ether oxygens (including phenoxy) is 1. The summed E-state index contributed by atoms with van der Waals surface area (Å²) in [5.41, 5.74) is 6.96. The quantitative estimate of drug-likeness (QED) is 0.279. The first-order valence-corrected chi connectivity index (χ1v) is 15.2. The van der Waals surface area contributed by atoms with Crippen LogP contribution < -0.4 is 4.90 Å². The molecule has 2 fully saturated rings. The van der Waals surface area contributed by atoms with Gasteiger partial charge in [-0.3, -0.25) is 9.59 Å². The number of Topliss-reactive ketones (excluding diaryl/α,β-unsaturated/α-hetero) is 1. The van der Waals surface area contributed by atoms with E-state index in [1.807, 2.05) is 25.1 Å². The van der Waals surface area contributed by atoms with Crippen LogP contribution in [0.4, 0.5) is 5.69 Å². The molecule has 0 bridgehead atoms. The molecule has 1 saturated carbocycles. The number of aryl methyl sites for hydroxylation is 2. The fourth-order valence-electron chi connectivity index (χ4n) is 7.14. The van der Waals surface area contributed by atoms with Crippen LogP contribution in [0.15, 0.2) is 65.1 Å². The average molecular weight is 552 g/mol. The molecule has 6 rings (SSSR count). The van der Waals surface area contributed by atoms with Gasteiger partial charge in [0.05, 0.1) is 13.2 Å². The summed E-state index contributed by atoms with van der Waals surface area (Å²) in [5.74, 6) is 1.54. The highest BCUT2D eigenvalue weighted by Gasteiger charge is 2.47. The maximum atomic E-state index is 13.7. The third-order valence-corrected chi connectivity index (χ3v) is 9.66.